The Morgan fingerprint density at radius 2 is 2.15 bits per heavy atom. The minimum Gasteiger partial charge on any atom is -0.489 e. The average Bonchev–Trinajstić information content (AvgIpc) is 3.06. The van der Waals surface area contributed by atoms with E-state index >= 15 is 0 Å². The molecule has 0 aliphatic rings. The highest BCUT2D eigenvalue weighted by Crippen LogP contribution is 2.20. The molecule has 3 aromatic rings. The normalized spacial score (nSPS) is 10.9. The van der Waals surface area contributed by atoms with Gasteiger partial charge in [-0.2, -0.15) is 0 Å². The van der Waals surface area contributed by atoms with Crippen LogP contribution in [0, 0.1) is 5.82 Å². The Hall–Kier alpha value is -2.16. The lowest BCUT2D eigenvalue weighted by molar-refractivity contribution is 0.306. The number of nitrogens with one attached hydrogen (secondary N) is 1. The zero-order valence-corrected chi connectivity index (χ0v) is 16.3. The van der Waals surface area contributed by atoms with E-state index in [-0.39, 0.29) is 5.82 Å². The standard InChI is InChI=1S/C18H19ClFN5OS/c1-25-18(22-23-24-25)27-8-7-21-11-13-3-2-4-16(9-13)26-12-14-5-6-15(20)10-17(14)19/h2-6,9-10,21H,7-8,11-12H2,1H3. The van der Waals surface area contributed by atoms with Gasteiger partial charge in [0.25, 0.3) is 0 Å². The molecule has 0 radical (unpaired) electrons. The topological polar surface area (TPSA) is 64.9 Å². The van der Waals surface area contributed by atoms with Gasteiger partial charge in [0.15, 0.2) is 0 Å². The average molecular weight is 408 g/mol. The van der Waals surface area contributed by atoms with E-state index in [4.69, 9.17) is 16.3 Å². The molecule has 1 aromatic heterocycles. The zero-order valence-electron chi connectivity index (χ0n) is 14.7. The van der Waals surface area contributed by atoms with E-state index in [1.807, 2.05) is 31.3 Å². The maximum absolute atomic E-state index is 13.1. The van der Waals surface area contributed by atoms with E-state index in [0.29, 0.717) is 11.6 Å². The number of benzene rings is 2. The zero-order chi connectivity index (χ0) is 19.1. The third-order valence-corrected chi connectivity index (χ3v) is 5.09. The lowest BCUT2D eigenvalue weighted by atomic mass is 10.2. The maximum Gasteiger partial charge on any atom is 0.209 e. The number of aromatic nitrogens is 4. The molecule has 27 heavy (non-hydrogen) atoms. The molecule has 6 nitrogen and oxygen atoms in total. The predicted octanol–water partition coefficient (Wildman–Crippen LogP) is 3.46. The van der Waals surface area contributed by atoms with Crippen molar-refractivity contribution in [2.24, 2.45) is 7.05 Å². The molecule has 0 spiro atoms. The van der Waals surface area contributed by atoms with Crippen LogP contribution in [0.15, 0.2) is 47.6 Å². The van der Waals surface area contributed by atoms with Gasteiger partial charge >= 0.3 is 0 Å². The van der Waals surface area contributed by atoms with Gasteiger partial charge in [-0.25, -0.2) is 9.07 Å². The summed E-state index contributed by atoms with van der Waals surface area (Å²) in [5.41, 5.74) is 1.86. The highest BCUT2D eigenvalue weighted by atomic mass is 35.5. The van der Waals surface area contributed by atoms with Crippen molar-refractivity contribution >= 4 is 23.4 Å². The minimum atomic E-state index is -0.356. The van der Waals surface area contributed by atoms with Crippen LogP contribution in [0.2, 0.25) is 5.02 Å². The molecule has 1 N–H and O–H groups in total. The Labute approximate surface area is 166 Å². The fourth-order valence-electron chi connectivity index (χ4n) is 2.34. The summed E-state index contributed by atoms with van der Waals surface area (Å²) in [5.74, 6) is 1.26. The van der Waals surface area contributed by atoms with Gasteiger partial charge < -0.3 is 10.1 Å². The van der Waals surface area contributed by atoms with Crippen molar-refractivity contribution in [3.63, 3.8) is 0 Å². The highest BCUT2D eigenvalue weighted by molar-refractivity contribution is 7.99. The number of rotatable bonds is 9. The van der Waals surface area contributed by atoms with Crippen molar-refractivity contribution in [2.45, 2.75) is 18.3 Å². The Kier molecular flexibility index (Phi) is 7.03. The first-order chi connectivity index (χ1) is 13.1. The summed E-state index contributed by atoms with van der Waals surface area (Å²) in [7, 11) is 1.82. The van der Waals surface area contributed by atoms with E-state index in [9.17, 15) is 4.39 Å². The fraction of sp³-hybridized carbons (Fsp3) is 0.278. The summed E-state index contributed by atoms with van der Waals surface area (Å²) in [6, 6.07) is 12.1. The van der Waals surface area contributed by atoms with Gasteiger partial charge in [0.1, 0.15) is 18.2 Å². The molecule has 0 saturated heterocycles. The van der Waals surface area contributed by atoms with Crippen LogP contribution >= 0.6 is 23.4 Å². The first kappa shape index (κ1) is 19.6. The second-order valence-electron chi connectivity index (χ2n) is 5.78. The third-order valence-electron chi connectivity index (χ3n) is 3.73. The van der Waals surface area contributed by atoms with Crippen LogP contribution in [0.25, 0.3) is 0 Å². The number of nitrogens with zero attached hydrogens (tertiary/aromatic N) is 4. The van der Waals surface area contributed by atoms with Crippen LogP contribution in [-0.2, 0) is 20.2 Å². The summed E-state index contributed by atoms with van der Waals surface area (Å²) in [6.07, 6.45) is 0. The number of tetrazole rings is 1. The van der Waals surface area contributed by atoms with Crippen LogP contribution in [0.1, 0.15) is 11.1 Å². The Bertz CT molecular complexity index is 892. The van der Waals surface area contributed by atoms with Crippen LogP contribution in [-0.4, -0.2) is 32.5 Å². The summed E-state index contributed by atoms with van der Waals surface area (Å²) in [4.78, 5) is 0. The van der Waals surface area contributed by atoms with Crippen molar-refractivity contribution in [1.29, 1.82) is 0 Å². The summed E-state index contributed by atoms with van der Waals surface area (Å²) in [6.45, 7) is 1.85. The molecule has 0 fully saturated rings. The van der Waals surface area contributed by atoms with E-state index in [1.54, 1.807) is 22.5 Å². The minimum absolute atomic E-state index is 0.290. The molecule has 142 valence electrons. The Morgan fingerprint density at radius 3 is 2.93 bits per heavy atom. The number of hydrogen-bond acceptors (Lipinski definition) is 6. The summed E-state index contributed by atoms with van der Waals surface area (Å²) in [5, 5.41) is 15.9. The largest absolute Gasteiger partial charge is 0.489 e. The smallest absolute Gasteiger partial charge is 0.209 e. The van der Waals surface area contributed by atoms with Crippen molar-refractivity contribution in [3.8, 4) is 5.75 Å². The lowest BCUT2D eigenvalue weighted by Gasteiger charge is -2.10. The van der Waals surface area contributed by atoms with Gasteiger partial charge in [-0.05, 0) is 40.3 Å². The van der Waals surface area contributed by atoms with Crippen LogP contribution in [0.3, 0.4) is 0 Å². The second-order valence-corrected chi connectivity index (χ2v) is 7.25. The molecule has 0 aliphatic heterocycles. The van der Waals surface area contributed by atoms with Crippen molar-refractivity contribution < 1.29 is 9.13 Å². The van der Waals surface area contributed by atoms with Crippen molar-refractivity contribution in [1.82, 2.24) is 25.5 Å². The van der Waals surface area contributed by atoms with Gasteiger partial charge in [-0.3, -0.25) is 0 Å². The van der Waals surface area contributed by atoms with Gasteiger partial charge in [-0.1, -0.05) is 41.6 Å². The number of halogens is 2. The molecular weight excluding hydrogens is 389 g/mol. The predicted molar refractivity (Wildman–Crippen MR) is 103 cm³/mol. The van der Waals surface area contributed by atoms with Crippen LogP contribution < -0.4 is 10.1 Å². The first-order valence-corrected chi connectivity index (χ1v) is 9.70. The van der Waals surface area contributed by atoms with Crippen molar-refractivity contribution in [3.05, 3.63) is 64.4 Å². The fourth-order valence-corrected chi connectivity index (χ4v) is 3.30. The van der Waals surface area contributed by atoms with E-state index in [2.05, 4.69) is 20.8 Å². The molecule has 1 heterocycles. The molecule has 9 heteroatoms. The lowest BCUT2D eigenvalue weighted by Crippen LogP contribution is -2.16. The summed E-state index contributed by atoms with van der Waals surface area (Å²) < 4.78 is 20.5. The number of aryl methyl sites for hydroxylation is 1. The van der Waals surface area contributed by atoms with E-state index < -0.39 is 0 Å². The SMILES string of the molecule is Cn1nnnc1SCCNCc1cccc(OCc2ccc(F)cc2Cl)c1. The molecule has 0 atom stereocenters. The molecule has 0 saturated carbocycles. The molecule has 3 rings (SSSR count). The van der Waals surface area contributed by atoms with Crippen LogP contribution in [0.5, 0.6) is 5.75 Å². The molecule has 0 aliphatic carbocycles. The Morgan fingerprint density at radius 1 is 1.26 bits per heavy atom. The van der Waals surface area contributed by atoms with Crippen LogP contribution in [0.4, 0.5) is 4.39 Å². The molecular formula is C18H19ClFN5OS. The summed E-state index contributed by atoms with van der Waals surface area (Å²) >= 11 is 7.63. The molecule has 0 unspecified atom stereocenters. The molecule has 2 aromatic carbocycles. The van der Waals surface area contributed by atoms with Crippen molar-refractivity contribution in [2.75, 3.05) is 12.3 Å². The molecule has 0 bridgehead atoms. The maximum atomic E-state index is 13.1. The van der Waals surface area contributed by atoms with E-state index in [1.165, 1.54) is 12.1 Å². The highest BCUT2D eigenvalue weighted by Gasteiger charge is 2.05. The van der Waals surface area contributed by atoms with Gasteiger partial charge in [-0.15, -0.1) is 5.10 Å². The monoisotopic (exact) mass is 407 g/mol. The number of hydrogen-bond donors (Lipinski definition) is 1. The third kappa shape index (κ3) is 5.92. The Balaban J connectivity index is 1.43. The van der Waals surface area contributed by atoms with E-state index in [0.717, 1.165) is 40.9 Å². The quantitative estimate of drug-likeness (QED) is 0.433. The molecule has 0 amide bonds. The first-order valence-electron chi connectivity index (χ1n) is 8.33. The number of ether oxygens (including phenoxy) is 1. The number of thioether (sulfide) groups is 1. The van der Waals surface area contributed by atoms with Gasteiger partial charge in [0.05, 0.1) is 5.02 Å². The second kappa shape index (κ2) is 9.68. The van der Waals surface area contributed by atoms with Gasteiger partial charge in [0, 0.05) is 31.5 Å². The van der Waals surface area contributed by atoms with Gasteiger partial charge in [0.2, 0.25) is 5.16 Å².